The number of nitrogens with zero attached hydrogens (tertiary/aromatic N) is 1. The fraction of sp³-hybridized carbons (Fsp3) is 0.594. The SMILES string of the molecule is C=C1/C(=C\C=C2/CCC[C@]3(C)C(CC4CC(C)(O)C(=O)N4Cc4ccccc4)CC[C@@H]23)C[C@@H](O)C[C@@H]1O. The van der Waals surface area contributed by atoms with E-state index in [1.54, 1.807) is 6.92 Å². The zero-order valence-electron chi connectivity index (χ0n) is 22.4. The lowest BCUT2D eigenvalue weighted by molar-refractivity contribution is -0.142. The number of carbonyl (C=O) groups is 1. The number of aliphatic hydroxyl groups excluding tert-OH is 2. The number of aliphatic hydroxyl groups is 3. The second kappa shape index (κ2) is 10.2. The Morgan fingerprint density at radius 1 is 1.14 bits per heavy atom. The van der Waals surface area contributed by atoms with E-state index in [1.165, 1.54) is 12.0 Å². The minimum absolute atomic E-state index is 0.0493. The van der Waals surface area contributed by atoms with Crippen LogP contribution >= 0.6 is 0 Å². The second-order valence-corrected chi connectivity index (χ2v) is 12.5. The van der Waals surface area contributed by atoms with Crippen LogP contribution in [0.25, 0.3) is 0 Å². The molecule has 1 amide bonds. The molecule has 1 saturated heterocycles. The van der Waals surface area contributed by atoms with Crippen LogP contribution in [0.2, 0.25) is 0 Å². The van der Waals surface area contributed by atoms with E-state index in [4.69, 9.17) is 0 Å². The highest BCUT2D eigenvalue weighted by Gasteiger charge is 2.53. The zero-order valence-corrected chi connectivity index (χ0v) is 22.4. The van der Waals surface area contributed by atoms with Crippen molar-refractivity contribution >= 4 is 5.91 Å². The van der Waals surface area contributed by atoms with E-state index in [-0.39, 0.29) is 17.4 Å². The lowest BCUT2D eigenvalue weighted by Crippen LogP contribution is -2.40. The predicted molar refractivity (Wildman–Crippen MR) is 145 cm³/mol. The van der Waals surface area contributed by atoms with Crippen LogP contribution in [0.15, 0.2) is 65.8 Å². The summed E-state index contributed by atoms with van der Waals surface area (Å²) in [4.78, 5) is 15.1. The summed E-state index contributed by atoms with van der Waals surface area (Å²) in [7, 11) is 0. The van der Waals surface area contributed by atoms with Crippen LogP contribution < -0.4 is 0 Å². The van der Waals surface area contributed by atoms with Crippen LogP contribution in [0, 0.1) is 17.3 Å². The average Bonchev–Trinajstić information content (AvgIpc) is 3.29. The number of hydrogen-bond acceptors (Lipinski definition) is 4. The third-order valence-corrected chi connectivity index (χ3v) is 9.97. The van der Waals surface area contributed by atoms with Gasteiger partial charge < -0.3 is 20.2 Å². The van der Waals surface area contributed by atoms with Crippen LogP contribution in [-0.2, 0) is 11.3 Å². The van der Waals surface area contributed by atoms with Crippen LogP contribution in [0.5, 0.6) is 0 Å². The lowest BCUT2D eigenvalue weighted by atomic mass is 9.62. The summed E-state index contributed by atoms with van der Waals surface area (Å²) < 4.78 is 0. The molecular weight excluding hydrogens is 462 g/mol. The molecule has 0 spiro atoms. The molecule has 1 aliphatic heterocycles. The van der Waals surface area contributed by atoms with Gasteiger partial charge in [0.25, 0.3) is 5.91 Å². The van der Waals surface area contributed by atoms with E-state index in [0.717, 1.165) is 48.8 Å². The van der Waals surface area contributed by atoms with Crippen molar-refractivity contribution in [3.8, 4) is 0 Å². The molecule has 5 heteroatoms. The Balaban J connectivity index is 1.33. The normalized spacial score (nSPS) is 40.6. The van der Waals surface area contributed by atoms with E-state index >= 15 is 0 Å². The minimum atomic E-state index is -1.29. The van der Waals surface area contributed by atoms with Gasteiger partial charge in [-0.05, 0) is 85.8 Å². The van der Waals surface area contributed by atoms with E-state index in [9.17, 15) is 20.1 Å². The molecule has 37 heavy (non-hydrogen) atoms. The fourth-order valence-electron chi connectivity index (χ4n) is 7.85. The Labute approximate surface area is 221 Å². The molecule has 4 aliphatic rings. The standard InChI is InChI=1S/C32H43NO4/c1-21-24(16-27(34)18-29(21)35)12-11-23-10-7-15-31(2)25(13-14-28(23)31)17-26-19-32(3,37)30(36)33(26)20-22-8-5-4-6-9-22/h4-6,8-9,11-12,25-29,34-35,37H,1,7,10,13-20H2,2-3H3/b23-11+,24-12-/t25?,26?,27-,28+,29+,31-,32?/m1/s1. The predicted octanol–water partition coefficient (Wildman–Crippen LogP) is 5.07. The van der Waals surface area contributed by atoms with E-state index in [0.29, 0.717) is 37.6 Å². The summed E-state index contributed by atoms with van der Waals surface area (Å²) in [6.07, 6.45) is 11.3. The number of allylic oxidation sites excluding steroid dienone is 3. The number of benzene rings is 1. The topological polar surface area (TPSA) is 81.0 Å². The van der Waals surface area contributed by atoms with Crippen molar-refractivity contribution in [2.45, 2.75) is 102 Å². The Kier molecular flexibility index (Phi) is 7.25. The van der Waals surface area contributed by atoms with Crippen LogP contribution in [-0.4, -0.2) is 50.0 Å². The van der Waals surface area contributed by atoms with Crippen LogP contribution in [0.1, 0.15) is 77.2 Å². The number of amides is 1. The van der Waals surface area contributed by atoms with Gasteiger partial charge in [-0.1, -0.05) is 61.6 Å². The van der Waals surface area contributed by atoms with Gasteiger partial charge in [-0.3, -0.25) is 4.79 Å². The van der Waals surface area contributed by atoms with Crippen molar-refractivity contribution in [2.24, 2.45) is 17.3 Å². The number of fused-ring (bicyclic) bond motifs is 1. The van der Waals surface area contributed by atoms with Crippen molar-refractivity contribution in [3.63, 3.8) is 0 Å². The molecule has 7 atom stereocenters. The maximum absolute atomic E-state index is 13.2. The van der Waals surface area contributed by atoms with Crippen LogP contribution in [0.3, 0.4) is 0 Å². The van der Waals surface area contributed by atoms with E-state index in [2.05, 4.69) is 37.8 Å². The maximum Gasteiger partial charge on any atom is 0.254 e. The molecule has 4 fully saturated rings. The molecule has 5 nitrogen and oxygen atoms in total. The molecule has 1 heterocycles. The minimum Gasteiger partial charge on any atom is -0.393 e. The molecule has 1 aromatic carbocycles. The van der Waals surface area contributed by atoms with Crippen molar-refractivity contribution in [1.82, 2.24) is 4.90 Å². The van der Waals surface area contributed by atoms with Gasteiger partial charge in [-0.15, -0.1) is 0 Å². The average molecular weight is 506 g/mol. The molecule has 3 N–H and O–H groups in total. The molecule has 0 bridgehead atoms. The molecule has 0 aromatic heterocycles. The van der Waals surface area contributed by atoms with Crippen molar-refractivity contribution < 1.29 is 20.1 Å². The number of rotatable bonds is 5. The summed E-state index contributed by atoms with van der Waals surface area (Å²) in [5.74, 6) is 0.871. The number of likely N-dealkylation sites (tertiary alicyclic amines) is 1. The molecule has 1 aromatic rings. The molecule has 5 rings (SSSR count). The monoisotopic (exact) mass is 505 g/mol. The third kappa shape index (κ3) is 5.10. The first kappa shape index (κ1) is 26.4. The van der Waals surface area contributed by atoms with Gasteiger partial charge in [0.2, 0.25) is 0 Å². The lowest BCUT2D eigenvalue weighted by Gasteiger charge is -2.43. The molecule has 0 radical (unpaired) electrons. The van der Waals surface area contributed by atoms with Gasteiger partial charge in [0.15, 0.2) is 0 Å². The molecule has 3 saturated carbocycles. The first-order valence-electron chi connectivity index (χ1n) is 14.1. The Morgan fingerprint density at radius 3 is 2.65 bits per heavy atom. The van der Waals surface area contributed by atoms with Crippen molar-refractivity contribution in [3.05, 3.63) is 71.3 Å². The molecule has 3 aliphatic carbocycles. The number of hydrogen-bond donors (Lipinski definition) is 3. The first-order valence-corrected chi connectivity index (χ1v) is 14.1. The van der Waals surface area contributed by atoms with Gasteiger partial charge in [0.1, 0.15) is 5.60 Å². The van der Waals surface area contributed by atoms with Gasteiger partial charge in [-0.2, -0.15) is 0 Å². The highest BCUT2D eigenvalue weighted by molar-refractivity contribution is 5.87. The smallest absolute Gasteiger partial charge is 0.254 e. The van der Waals surface area contributed by atoms with Crippen molar-refractivity contribution in [2.75, 3.05) is 0 Å². The Bertz CT molecular complexity index is 1090. The zero-order chi connectivity index (χ0) is 26.4. The Morgan fingerprint density at radius 2 is 1.89 bits per heavy atom. The summed E-state index contributed by atoms with van der Waals surface area (Å²) in [5, 5.41) is 31.2. The largest absolute Gasteiger partial charge is 0.393 e. The van der Waals surface area contributed by atoms with Gasteiger partial charge in [0.05, 0.1) is 12.2 Å². The van der Waals surface area contributed by atoms with E-state index < -0.39 is 17.8 Å². The summed E-state index contributed by atoms with van der Waals surface area (Å²) in [5.41, 5.74) is 3.16. The Hall–Kier alpha value is -2.21. The number of carbonyl (C=O) groups excluding carboxylic acids is 1. The highest BCUT2D eigenvalue weighted by Crippen LogP contribution is 2.59. The summed E-state index contributed by atoms with van der Waals surface area (Å²) in [6, 6.07) is 10.1. The maximum atomic E-state index is 13.2. The molecule has 200 valence electrons. The fourth-order valence-corrected chi connectivity index (χ4v) is 7.85. The quantitative estimate of drug-likeness (QED) is 0.522. The van der Waals surface area contributed by atoms with Gasteiger partial charge in [-0.25, -0.2) is 0 Å². The van der Waals surface area contributed by atoms with E-state index in [1.807, 2.05) is 23.1 Å². The summed E-state index contributed by atoms with van der Waals surface area (Å²) in [6.45, 7) is 8.74. The summed E-state index contributed by atoms with van der Waals surface area (Å²) >= 11 is 0. The second-order valence-electron chi connectivity index (χ2n) is 12.5. The van der Waals surface area contributed by atoms with Crippen LogP contribution in [0.4, 0.5) is 0 Å². The van der Waals surface area contributed by atoms with Gasteiger partial charge in [0, 0.05) is 25.4 Å². The molecular formula is C32H43NO4. The highest BCUT2D eigenvalue weighted by atomic mass is 16.3. The van der Waals surface area contributed by atoms with Gasteiger partial charge >= 0.3 is 0 Å². The molecule has 3 unspecified atom stereocenters. The third-order valence-electron chi connectivity index (χ3n) is 9.97. The van der Waals surface area contributed by atoms with Crippen molar-refractivity contribution in [1.29, 1.82) is 0 Å². The first-order chi connectivity index (χ1) is 17.6.